The van der Waals surface area contributed by atoms with Gasteiger partial charge in [-0.05, 0) is 42.2 Å². The molecule has 1 aliphatic rings. The number of benzene rings is 2. The van der Waals surface area contributed by atoms with Gasteiger partial charge >= 0.3 is 0 Å². The van der Waals surface area contributed by atoms with Crippen LogP contribution in [0.25, 0.3) is 11.1 Å². The standard InChI is InChI=1S/C16H15BrFN/c17-13-4-2-12(3-5-13)15-8-1-11(9-16(15)18)10-19-14-6-7-14/h1-5,8-9,14,19H,6-7,10H2. The van der Waals surface area contributed by atoms with Crippen molar-refractivity contribution in [2.45, 2.75) is 25.4 Å². The van der Waals surface area contributed by atoms with Gasteiger partial charge in [0.15, 0.2) is 0 Å². The van der Waals surface area contributed by atoms with E-state index < -0.39 is 0 Å². The molecule has 98 valence electrons. The van der Waals surface area contributed by atoms with E-state index in [4.69, 9.17) is 0 Å². The summed E-state index contributed by atoms with van der Waals surface area (Å²) in [5.74, 6) is -0.155. The Kier molecular flexibility index (Phi) is 3.67. The van der Waals surface area contributed by atoms with Crippen molar-refractivity contribution in [2.75, 3.05) is 0 Å². The Balaban J connectivity index is 1.80. The largest absolute Gasteiger partial charge is 0.310 e. The van der Waals surface area contributed by atoms with Crippen LogP contribution in [0.3, 0.4) is 0 Å². The van der Waals surface area contributed by atoms with E-state index in [2.05, 4.69) is 21.2 Å². The normalized spacial score (nSPS) is 14.6. The van der Waals surface area contributed by atoms with Crippen molar-refractivity contribution >= 4 is 15.9 Å². The van der Waals surface area contributed by atoms with Crippen LogP contribution in [0.15, 0.2) is 46.9 Å². The average molecular weight is 320 g/mol. The van der Waals surface area contributed by atoms with Crippen molar-refractivity contribution in [1.82, 2.24) is 5.32 Å². The molecule has 0 radical (unpaired) electrons. The summed E-state index contributed by atoms with van der Waals surface area (Å²) in [5, 5.41) is 3.39. The van der Waals surface area contributed by atoms with E-state index in [0.717, 1.165) is 22.1 Å². The first kappa shape index (κ1) is 12.8. The number of hydrogen-bond donors (Lipinski definition) is 1. The molecule has 2 aromatic rings. The molecule has 0 amide bonds. The van der Waals surface area contributed by atoms with Crippen LogP contribution in [0, 0.1) is 5.82 Å². The molecule has 0 aliphatic heterocycles. The molecule has 0 spiro atoms. The van der Waals surface area contributed by atoms with Gasteiger partial charge in [0, 0.05) is 22.6 Å². The number of halogens is 2. The highest BCUT2D eigenvalue weighted by atomic mass is 79.9. The van der Waals surface area contributed by atoms with Crippen LogP contribution in [0.5, 0.6) is 0 Å². The van der Waals surface area contributed by atoms with Crippen LogP contribution in [0.4, 0.5) is 4.39 Å². The lowest BCUT2D eigenvalue weighted by Gasteiger charge is -2.07. The van der Waals surface area contributed by atoms with Gasteiger partial charge in [0.2, 0.25) is 0 Å². The van der Waals surface area contributed by atoms with Gasteiger partial charge in [0.25, 0.3) is 0 Å². The number of nitrogens with one attached hydrogen (secondary N) is 1. The molecule has 1 aliphatic carbocycles. The third kappa shape index (κ3) is 3.23. The van der Waals surface area contributed by atoms with Crippen LogP contribution in [-0.2, 0) is 6.54 Å². The van der Waals surface area contributed by atoms with Crippen molar-refractivity contribution in [1.29, 1.82) is 0 Å². The zero-order valence-electron chi connectivity index (χ0n) is 10.5. The van der Waals surface area contributed by atoms with Crippen molar-refractivity contribution in [2.24, 2.45) is 0 Å². The van der Waals surface area contributed by atoms with E-state index in [9.17, 15) is 4.39 Å². The minimum atomic E-state index is -0.155. The highest BCUT2D eigenvalue weighted by Crippen LogP contribution is 2.26. The van der Waals surface area contributed by atoms with E-state index in [1.165, 1.54) is 12.8 Å². The number of rotatable bonds is 4. The second kappa shape index (κ2) is 5.43. The Bertz CT molecular complexity index is 576. The van der Waals surface area contributed by atoms with Gasteiger partial charge in [-0.3, -0.25) is 0 Å². The Morgan fingerprint density at radius 1 is 1.11 bits per heavy atom. The summed E-state index contributed by atoms with van der Waals surface area (Å²) in [7, 11) is 0. The smallest absolute Gasteiger partial charge is 0.131 e. The van der Waals surface area contributed by atoms with Crippen molar-refractivity contribution in [3.8, 4) is 11.1 Å². The lowest BCUT2D eigenvalue weighted by atomic mass is 10.0. The van der Waals surface area contributed by atoms with Gasteiger partial charge < -0.3 is 5.32 Å². The molecular weight excluding hydrogens is 305 g/mol. The first-order chi connectivity index (χ1) is 9.22. The molecule has 1 saturated carbocycles. The first-order valence-corrected chi connectivity index (χ1v) is 7.29. The van der Waals surface area contributed by atoms with E-state index in [-0.39, 0.29) is 5.82 Å². The summed E-state index contributed by atoms with van der Waals surface area (Å²) in [6.07, 6.45) is 2.50. The SMILES string of the molecule is Fc1cc(CNC2CC2)ccc1-c1ccc(Br)cc1. The van der Waals surface area contributed by atoms with Gasteiger partial charge in [0.05, 0.1) is 0 Å². The van der Waals surface area contributed by atoms with Crippen molar-refractivity contribution < 1.29 is 4.39 Å². The highest BCUT2D eigenvalue weighted by Gasteiger charge is 2.20. The molecule has 1 nitrogen and oxygen atoms in total. The molecule has 2 aromatic carbocycles. The minimum absolute atomic E-state index is 0.155. The van der Waals surface area contributed by atoms with E-state index in [1.807, 2.05) is 36.4 Å². The van der Waals surface area contributed by atoms with Gasteiger partial charge in [-0.15, -0.1) is 0 Å². The molecule has 0 aromatic heterocycles. The lowest BCUT2D eigenvalue weighted by molar-refractivity contribution is 0.623. The fraction of sp³-hybridized carbons (Fsp3) is 0.250. The zero-order valence-corrected chi connectivity index (χ0v) is 12.1. The topological polar surface area (TPSA) is 12.0 Å². The highest BCUT2D eigenvalue weighted by molar-refractivity contribution is 9.10. The fourth-order valence-electron chi connectivity index (χ4n) is 2.08. The van der Waals surface area contributed by atoms with Crippen LogP contribution < -0.4 is 5.32 Å². The van der Waals surface area contributed by atoms with Crippen molar-refractivity contribution in [3.05, 3.63) is 58.3 Å². The van der Waals surface area contributed by atoms with E-state index in [0.29, 0.717) is 11.6 Å². The third-order valence-corrected chi connectivity index (χ3v) is 3.89. The molecule has 0 bridgehead atoms. The van der Waals surface area contributed by atoms with Gasteiger partial charge in [-0.2, -0.15) is 0 Å². The third-order valence-electron chi connectivity index (χ3n) is 3.36. The molecule has 0 heterocycles. The van der Waals surface area contributed by atoms with Crippen LogP contribution in [0.2, 0.25) is 0 Å². The van der Waals surface area contributed by atoms with Gasteiger partial charge in [0.1, 0.15) is 5.82 Å². The summed E-state index contributed by atoms with van der Waals surface area (Å²) in [5.41, 5.74) is 2.57. The molecule has 3 rings (SSSR count). The lowest BCUT2D eigenvalue weighted by Crippen LogP contribution is -2.15. The monoisotopic (exact) mass is 319 g/mol. The van der Waals surface area contributed by atoms with Crippen LogP contribution in [0.1, 0.15) is 18.4 Å². The van der Waals surface area contributed by atoms with E-state index >= 15 is 0 Å². The molecule has 0 atom stereocenters. The minimum Gasteiger partial charge on any atom is -0.310 e. The summed E-state index contributed by atoms with van der Waals surface area (Å²) >= 11 is 3.39. The van der Waals surface area contributed by atoms with Crippen LogP contribution in [-0.4, -0.2) is 6.04 Å². The predicted octanol–water partition coefficient (Wildman–Crippen LogP) is 4.51. The summed E-state index contributed by atoms with van der Waals surface area (Å²) < 4.78 is 15.1. The Morgan fingerprint density at radius 2 is 1.84 bits per heavy atom. The second-order valence-electron chi connectivity index (χ2n) is 4.98. The average Bonchev–Trinajstić information content (AvgIpc) is 3.22. The molecule has 1 fully saturated rings. The molecule has 0 saturated heterocycles. The summed E-state index contributed by atoms with van der Waals surface area (Å²) in [4.78, 5) is 0. The van der Waals surface area contributed by atoms with Gasteiger partial charge in [-0.1, -0.05) is 40.2 Å². The Morgan fingerprint density at radius 3 is 2.47 bits per heavy atom. The predicted molar refractivity (Wildman–Crippen MR) is 79.4 cm³/mol. The van der Waals surface area contributed by atoms with E-state index in [1.54, 1.807) is 6.07 Å². The van der Waals surface area contributed by atoms with Gasteiger partial charge in [-0.25, -0.2) is 4.39 Å². The number of hydrogen-bond acceptors (Lipinski definition) is 1. The second-order valence-corrected chi connectivity index (χ2v) is 5.89. The maximum atomic E-state index is 14.1. The Labute approximate surface area is 121 Å². The first-order valence-electron chi connectivity index (χ1n) is 6.50. The quantitative estimate of drug-likeness (QED) is 0.874. The van der Waals surface area contributed by atoms with Crippen molar-refractivity contribution in [3.63, 3.8) is 0 Å². The Hall–Kier alpha value is -1.19. The molecule has 1 N–H and O–H groups in total. The summed E-state index contributed by atoms with van der Waals surface area (Å²) in [6, 6.07) is 13.8. The molecule has 3 heteroatoms. The maximum Gasteiger partial charge on any atom is 0.131 e. The zero-order chi connectivity index (χ0) is 13.2. The maximum absolute atomic E-state index is 14.1. The molecule has 0 unspecified atom stereocenters. The van der Waals surface area contributed by atoms with Crippen LogP contribution >= 0.6 is 15.9 Å². The molecular formula is C16H15BrFN. The molecule has 19 heavy (non-hydrogen) atoms. The summed E-state index contributed by atoms with van der Waals surface area (Å²) in [6.45, 7) is 0.752. The fourth-order valence-corrected chi connectivity index (χ4v) is 2.35.